The molecule has 5 rings (SSSR count). The number of nitrogens with zero attached hydrogens (tertiary/aromatic N) is 2. The van der Waals surface area contributed by atoms with Gasteiger partial charge in [-0.3, -0.25) is 4.79 Å². The van der Waals surface area contributed by atoms with Gasteiger partial charge in [-0.1, -0.05) is 12.1 Å². The molecule has 0 radical (unpaired) electrons. The normalized spacial score (nSPS) is 19.6. The Balaban J connectivity index is 1.30. The first kappa shape index (κ1) is 14.5. The predicted molar refractivity (Wildman–Crippen MR) is 95.0 cm³/mol. The second kappa shape index (κ2) is 5.34. The molecule has 2 aromatic carbocycles. The highest BCUT2D eigenvalue weighted by atomic mass is 16.5. The second-order valence-electron chi connectivity index (χ2n) is 7.00. The molecule has 0 saturated carbocycles. The monoisotopic (exact) mass is 333 g/mol. The number of likely N-dealkylation sites (tertiary alicyclic amines) is 1. The number of imidazole rings is 1. The van der Waals surface area contributed by atoms with E-state index in [9.17, 15) is 4.79 Å². The van der Waals surface area contributed by atoms with Crippen molar-refractivity contribution in [2.45, 2.75) is 25.4 Å². The lowest BCUT2D eigenvalue weighted by Gasteiger charge is -2.38. The molecule has 2 aliphatic heterocycles. The number of amides is 1. The van der Waals surface area contributed by atoms with Crippen molar-refractivity contribution >= 4 is 16.9 Å². The Bertz CT molecular complexity index is 939. The summed E-state index contributed by atoms with van der Waals surface area (Å²) < 4.78 is 5.71. The number of nitrogens with one attached hydrogen (secondary N) is 1. The van der Waals surface area contributed by atoms with Crippen LogP contribution in [0.5, 0.6) is 5.75 Å². The van der Waals surface area contributed by atoms with Gasteiger partial charge in [0.2, 0.25) is 0 Å². The van der Waals surface area contributed by atoms with E-state index >= 15 is 0 Å². The van der Waals surface area contributed by atoms with Gasteiger partial charge < -0.3 is 14.6 Å². The number of fused-ring (bicyclic) bond motifs is 2. The average Bonchev–Trinajstić information content (AvgIpc) is 3.14. The zero-order valence-corrected chi connectivity index (χ0v) is 14.0. The molecule has 5 heteroatoms. The highest BCUT2D eigenvalue weighted by Crippen LogP contribution is 2.32. The SMILES string of the molecule is C[C@H]1Cc2cc(C(=O)N3CC(c4nc5ccccc5[nH]4)C3)ccc2O1. The van der Waals surface area contributed by atoms with Gasteiger partial charge in [-0.05, 0) is 42.8 Å². The van der Waals surface area contributed by atoms with E-state index in [1.807, 2.05) is 47.4 Å². The van der Waals surface area contributed by atoms with Crippen LogP contribution in [-0.2, 0) is 6.42 Å². The van der Waals surface area contributed by atoms with E-state index in [4.69, 9.17) is 4.74 Å². The summed E-state index contributed by atoms with van der Waals surface area (Å²) in [6.07, 6.45) is 1.07. The number of H-pyrrole nitrogens is 1. The number of ether oxygens (including phenoxy) is 1. The third-order valence-corrected chi connectivity index (χ3v) is 5.11. The fraction of sp³-hybridized carbons (Fsp3) is 0.300. The van der Waals surface area contributed by atoms with Crippen molar-refractivity contribution in [3.8, 4) is 5.75 Å². The average molecular weight is 333 g/mol. The van der Waals surface area contributed by atoms with E-state index in [2.05, 4.69) is 16.9 Å². The minimum absolute atomic E-state index is 0.0923. The summed E-state index contributed by atoms with van der Waals surface area (Å²) in [6.45, 7) is 3.47. The summed E-state index contributed by atoms with van der Waals surface area (Å²) >= 11 is 0. The summed E-state index contributed by atoms with van der Waals surface area (Å²) in [7, 11) is 0. The van der Waals surface area contributed by atoms with Gasteiger partial charge in [0.1, 0.15) is 17.7 Å². The van der Waals surface area contributed by atoms with Crippen molar-refractivity contribution in [3.05, 3.63) is 59.4 Å². The molecule has 1 amide bonds. The molecule has 1 atom stereocenters. The van der Waals surface area contributed by atoms with Crippen LogP contribution < -0.4 is 4.74 Å². The van der Waals surface area contributed by atoms with E-state index in [1.165, 1.54) is 0 Å². The van der Waals surface area contributed by atoms with Gasteiger partial charge in [0.15, 0.2) is 0 Å². The van der Waals surface area contributed by atoms with Crippen molar-refractivity contribution in [1.82, 2.24) is 14.9 Å². The molecular weight excluding hydrogens is 314 g/mol. The maximum Gasteiger partial charge on any atom is 0.253 e. The molecule has 2 aliphatic rings. The van der Waals surface area contributed by atoms with Crippen LogP contribution in [-0.4, -0.2) is 40.0 Å². The molecule has 0 bridgehead atoms. The van der Waals surface area contributed by atoms with Crippen LogP contribution >= 0.6 is 0 Å². The van der Waals surface area contributed by atoms with Gasteiger partial charge in [-0.15, -0.1) is 0 Å². The number of para-hydroxylation sites is 2. The van der Waals surface area contributed by atoms with Gasteiger partial charge in [0.25, 0.3) is 5.91 Å². The molecule has 1 aromatic heterocycles. The third kappa shape index (κ3) is 2.38. The Labute approximate surface area is 145 Å². The molecule has 126 valence electrons. The summed E-state index contributed by atoms with van der Waals surface area (Å²) in [5, 5.41) is 0. The molecule has 0 unspecified atom stereocenters. The summed E-state index contributed by atoms with van der Waals surface area (Å²) in [4.78, 5) is 22.6. The molecule has 1 N–H and O–H groups in total. The van der Waals surface area contributed by atoms with Crippen LogP contribution in [0.2, 0.25) is 0 Å². The first-order valence-electron chi connectivity index (χ1n) is 8.71. The summed E-state index contributed by atoms with van der Waals surface area (Å²) in [5.41, 5.74) is 3.91. The van der Waals surface area contributed by atoms with Crippen molar-refractivity contribution < 1.29 is 9.53 Å². The predicted octanol–water partition coefficient (Wildman–Crippen LogP) is 3.13. The number of hydrogen-bond acceptors (Lipinski definition) is 3. The zero-order valence-electron chi connectivity index (χ0n) is 14.0. The Hall–Kier alpha value is -2.82. The van der Waals surface area contributed by atoms with Gasteiger partial charge >= 0.3 is 0 Å². The van der Waals surface area contributed by atoms with Crippen LogP contribution in [0.4, 0.5) is 0 Å². The van der Waals surface area contributed by atoms with Gasteiger partial charge in [0, 0.05) is 25.1 Å². The lowest BCUT2D eigenvalue weighted by Crippen LogP contribution is -2.48. The van der Waals surface area contributed by atoms with E-state index in [0.717, 1.165) is 40.2 Å². The van der Waals surface area contributed by atoms with E-state index in [1.54, 1.807) is 0 Å². The quantitative estimate of drug-likeness (QED) is 0.784. The smallest absolute Gasteiger partial charge is 0.253 e. The summed E-state index contributed by atoms with van der Waals surface area (Å²) in [6, 6.07) is 13.8. The van der Waals surface area contributed by atoms with Crippen LogP contribution in [0.3, 0.4) is 0 Å². The molecule has 25 heavy (non-hydrogen) atoms. The summed E-state index contributed by atoms with van der Waals surface area (Å²) in [5.74, 6) is 2.26. The molecule has 5 nitrogen and oxygen atoms in total. The van der Waals surface area contributed by atoms with Crippen LogP contribution in [0.25, 0.3) is 11.0 Å². The van der Waals surface area contributed by atoms with Crippen LogP contribution in [0, 0.1) is 0 Å². The molecule has 0 spiro atoms. The number of hydrogen-bond donors (Lipinski definition) is 1. The first-order chi connectivity index (χ1) is 12.2. The van der Waals surface area contributed by atoms with Crippen molar-refractivity contribution in [1.29, 1.82) is 0 Å². The third-order valence-electron chi connectivity index (χ3n) is 5.11. The Morgan fingerprint density at radius 2 is 2.08 bits per heavy atom. The lowest BCUT2D eigenvalue weighted by atomic mass is 9.97. The fourth-order valence-corrected chi connectivity index (χ4v) is 3.72. The number of benzene rings is 2. The Morgan fingerprint density at radius 3 is 2.92 bits per heavy atom. The topological polar surface area (TPSA) is 58.2 Å². The van der Waals surface area contributed by atoms with E-state index < -0.39 is 0 Å². The molecule has 3 aromatic rings. The van der Waals surface area contributed by atoms with Crippen molar-refractivity contribution in [2.75, 3.05) is 13.1 Å². The highest BCUT2D eigenvalue weighted by molar-refractivity contribution is 5.95. The largest absolute Gasteiger partial charge is 0.490 e. The maximum atomic E-state index is 12.7. The molecular formula is C20H19N3O2. The van der Waals surface area contributed by atoms with Crippen LogP contribution in [0.1, 0.15) is 34.6 Å². The van der Waals surface area contributed by atoms with Crippen molar-refractivity contribution in [3.63, 3.8) is 0 Å². The number of aromatic amines is 1. The number of carbonyl (C=O) groups excluding carboxylic acids is 1. The standard InChI is InChI=1S/C20H19N3O2/c1-12-8-14-9-13(6-7-18(14)25-12)20(24)23-10-15(11-23)19-21-16-4-2-3-5-17(16)22-19/h2-7,9,12,15H,8,10-11H2,1H3,(H,21,22)/t12-/m0/s1. The van der Waals surface area contributed by atoms with Gasteiger partial charge in [-0.2, -0.15) is 0 Å². The Morgan fingerprint density at radius 1 is 1.24 bits per heavy atom. The van der Waals surface area contributed by atoms with Gasteiger partial charge in [-0.25, -0.2) is 4.98 Å². The number of carbonyl (C=O) groups is 1. The number of aromatic nitrogens is 2. The fourth-order valence-electron chi connectivity index (χ4n) is 3.72. The molecule has 0 aliphatic carbocycles. The van der Waals surface area contributed by atoms with E-state index in [0.29, 0.717) is 13.1 Å². The Kier molecular flexibility index (Phi) is 3.10. The number of rotatable bonds is 2. The maximum absolute atomic E-state index is 12.7. The highest BCUT2D eigenvalue weighted by Gasteiger charge is 2.34. The van der Waals surface area contributed by atoms with Crippen LogP contribution in [0.15, 0.2) is 42.5 Å². The van der Waals surface area contributed by atoms with Gasteiger partial charge in [0.05, 0.1) is 17.0 Å². The second-order valence-corrected chi connectivity index (χ2v) is 7.00. The molecule has 1 fully saturated rings. The molecule has 3 heterocycles. The minimum atomic E-state index is 0.0923. The lowest BCUT2D eigenvalue weighted by molar-refractivity contribution is 0.0595. The minimum Gasteiger partial charge on any atom is -0.490 e. The van der Waals surface area contributed by atoms with Crippen molar-refractivity contribution in [2.24, 2.45) is 0 Å². The zero-order chi connectivity index (χ0) is 17.0. The molecule has 1 saturated heterocycles. The van der Waals surface area contributed by atoms with E-state index in [-0.39, 0.29) is 17.9 Å². The first-order valence-corrected chi connectivity index (χ1v) is 8.71.